The third kappa shape index (κ3) is 4.98. The maximum atomic E-state index is 6.16. The molecule has 9 aromatic rings. The molecule has 0 aliphatic rings. The van der Waals surface area contributed by atoms with Gasteiger partial charge in [-0.05, 0) is 95.1 Å². The number of thiophene rings is 1. The minimum Gasteiger partial charge on any atom is -0.456 e. The Hall–Kier alpha value is -5.90. The van der Waals surface area contributed by atoms with Crippen LogP contribution in [0.5, 0.6) is 0 Å². The summed E-state index contributed by atoms with van der Waals surface area (Å²) in [7, 11) is 0. The van der Waals surface area contributed by atoms with Gasteiger partial charge in [0.05, 0.1) is 0 Å². The van der Waals surface area contributed by atoms with Crippen molar-refractivity contribution in [3.05, 3.63) is 187 Å². The highest BCUT2D eigenvalue weighted by molar-refractivity contribution is 7.25. The topological polar surface area (TPSA) is 16.4 Å². The molecule has 0 saturated heterocycles. The molecule has 3 heteroatoms. The second-order valence-corrected chi connectivity index (χ2v) is 12.9. The van der Waals surface area contributed by atoms with E-state index in [2.05, 4.69) is 169 Å². The zero-order valence-electron chi connectivity index (χ0n) is 25.5. The molecule has 47 heavy (non-hydrogen) atoms. The van der Waals surface area contributed by atoms with Crippen molar-refractivity contribution in [2.45, 2.75) is 0 Å². The average molecular weight is 620 g/mol. The Morgan fingerprint density at radius 3 is 1.85 bits per heavy atom. The van der Waals surface area contributed by atoms with Crippen molar-refractivity contribution in [3.63, 3.8) is 0 Å². The van der Waals surface area contributed by atoms with Crippen molar-refractivity contribution in [2.75, 3.05) is 4.90 Å². The molecule has 2 aromatic heterocycles. The summed E-state index contributed by atoms with van der Waals surface area (Å²) in [5.41, 5.74) is 9.94. The lowest BCUT2D eigenvalue weighted by Crippen LogP contribution is -2.09. The molecule has 0 N–H and O–H groups in total. The molecule has 0 amide bonds. The molecule has 0 unspecified atom stereocenters. The summed E-state index contributed by atoms with van der Waals surface area (Å²) in [6.45, 7) is 0. The van der Waals surface area contributed by atoms with Gasteiger partial charge in [-0.25, -0.2) is 0 Å². The standard InChI is InChI=1S/C44H29NOS/c1-4-12-30(13-5-1)26-38(31-21-24-42-39(27-31)36-18-10-11-19-41(36)46-42)32-20-23-37-40-29-35(22-25-43(40)47-44(37)28-32)45(33-14-6-2-7-15-33)34-16-8-3-9-17-34/h1-29H/b38-26-. The summed E-state index contributed by atoms with van der Waals surface area (Å²) in [6.07, 6.45) is 2.30. The van der Waals surface area contributed by atoms with E-state index in [1.807, 2.05) is 23.5 Å². The predicted molar refractivity (Wildman–Crippen MR) is 201 cm³/mol. The number of hydrogen-bond donors (Lipinski definition) is 0. The Morgan fingerprint density at radius 2 is 1.09 bits per heavy atom. The molecule has 0 radical (unpaired) electrons. The van der Waals surface area contributed by atoms with Crippen molar-refractivity contribution in [1.82, 2.24) is 0 Å². The third-order valence-corrected chi connectivity index (χ3v) is 9.98. The minimum atomic E-state index is 0.907. The summed E-state index contributed by atoms with van der Waals surface area (Å²) >= 11 is 1.85. The minimum absolute atomic E-state index is 0.907. The number of furan rings is 1. The van der Waals surface area contributed by atoms with E-state index >= 15 is 0 Å². The van der Waals surface area contributed by atoms with Crippen molar-refractivity contribution in [3.8, 4) is 0 Å². The molecule has 0 bridgehead atoms. The van der Waals surface area contributed by atoms with Crippen LogP contribution in [-0.4, -0.2) is 0 Å². The molecule has 0 saturated carbocycles. The van der Waals surface area contributed by atoms with Crippen molar-refractivity contribution >= 4 is 82.2 Å². The lowest BCUT2D eigenvalue weighted by Gasteiger charge is -2.25. The van der Waals surface area contributed by atoms with Crippen LogP contribution in [0.15, 0.2) is 174 Å². The van der Waals surface area contributed by atoms with Crippen LogP contribution in [0.4, 0.5) is 17.1 Å². The maximum Gasteiger partial charge on any atom is 0.135 e. The first-order chi connectivity index (χ1) is 23.3. The van der Waals surface area contributed by atoms with Gasteiger partial charge in [-0.1, -0.05) is 103 Å². The lowest BCUT2D eigenvalue weighted by molar-refractivity contribution is 0.669. The van der Waals surface area contributed by atoms with Gasteiger partial charge in [0.25, 0.3) is 0 Å². The number of benzene rings is 7. The van der Waals surface area contributed by atoms with Crippen LogP contribution in [0.25, 0.3) is 53.8 Å². The van der Waals surface area contributed by atoms with Crippen LogP contribution in [0.1, 0.15) is 16.7 Å². The average Bonchev–Trinajstić information content (AvgIpc) is 3.69. The van der Waals surface area contributed by atoms with E-state index in [9.17, 15) is 0 Å². The highest BCUT2D eigenvalue weighted by Gasteiger charge is 2.16. The molecule has 2 nitrogen and oxygen atoms in total. The first-order valence-electron chi connectivity index (χ1n) is 15.8. The molecule has 0 fully saturated rings. The maximum absolute atomic E-state index is 6.16. The Morgan fingerprint density at radius 1 is 0.447 bits per heavy atom. The smallest absolute Gasteiger partial charge is 0.135 e. The Labute approximate surface area is 277 Å². The third-order valence-electron chi connectivity index (χ3n) is 8.85. The lowest BCUT2D eigenvalue weighted by atomic mass is 9.94. The van der Waals surface area contributed by atoms with Crippen molar-refractivity contribution < 1.29 is 4.42 Å². The summed E-state index contributed by atoms with van der Waals surface area (Å²) in [4.78, 5) is 2.33. The van der Waals surface area contributed by atoms with Crippen molar-refractivity contribution in [1.29, 1.82) is 0 Å². The van der Waals surface area contributed by atoms with E-state index in [0.29, 0.717) is 0 Å². The van der Waals surface area contributed by atoms with Gasteiger partial charge in [0.15, 0.2) is 0 Å². The van der Waals surface area contributed by atoms with Crippen LogP contribution < -0.4 is 4.90 Å². The Balaban J connectivity index is 1.19. The quantitative estimate of drug-likeness (QED) is 0.172. The van der Waals surface area contributed by atoms with Gasteiger partial charge >= 0.3 is 0 Å². The van der Waals surface area contributed by atoms with E-state index in [1.165, 1.54) is 36.9 Å². The second kappa shape index (κ2) is 11.5. The van der Waals surface area contributed by atoms with Gasteiger partial charge in [-0.2, -0.15) is 0 Å². The molecule has 0 atom stereocenters. The summed E-state index contributed by atoms with van der Waals surface area (Å²) in [5, 5.41) is 4.81. The van der Waals surface area contributed by atoms with Gasteiger partial charge in [0, 0.05) is 48.0 Å². The Kier molecular flexibility index (Phi) is 6.69. The molecule has 7 aromatic carbocycles. The van der Waals surface area contributed by atoms with Crippen LogP contribution in [0, 0.1) is 0 Å². The molecule has 0 aliphatic carbocycles. The first-order valence-corrected chi connectivity index (χ1v) is 16.7. The van der Waals surface area contributed by atoms with Crippen molar-refractivity contribution in [2.24, 2.45) is 0 Å². The molecular weight excluding hydrogens is 591 g/mol. The predicted octanol–water partition coefficient (Wildman–Crippen LogP) is 13.0. The van der Waals surface area contributed by atoms with E-state index in [-0.39, 0.29) is 0 Å². The fraction of sp³-hybridized carbons (Fsp3) is 0. The zero-order valence-corrected chi connectivity index (χ0v) is 26.3. The summed E-state index contributed by atoms with van der Waals surface area (Å²) in [6, 6.07) is 60.4. The Bertz CT molecular complexity index is 2520. The SMILES string of the molecule is C(=C(/c1ccc2c(c1)sc1ccc(N(c3ccccc3)c3ccccc3)cc12)c1ccc2oc3ccccc3c2c1)/c1ccccc1. The van der Waals surface area contributed by atoms with Crippen LogP contribution in [0.2, 0.25) is 0 Å². The van der Waals surface area contributed by atoms with Gasteiger partial charge in [0.2, 0.25) is 0 Å². The number of anilines is 3. The highest BCUT2D eigenvalue weighted by atomic mass is 32.1. The molecule has 2 heterocycles. The highest BCUT2D eigenvalue weighted by Crippen LogP contribution is 2.42. The molecule has 9 rings (SSSR count). The molecule has 222 valence electrons. The van der Waals surface area contributed by atoms with E-state index < -0.39 is 0 Å². The largest absolute Gasteiger partial charge is 0.456 e. The van der Waals surface area contributed by atoms with Gasteiger partial charge < -0.3 is 9.32 Å². The van der Waals surface area contributed by atoms with Gasteiger partial charge in [-0.15, -0.1) is 11.3 Å². The number of hydrogen-bond acceptors (Lipinski definition) is 3. The molecular formula is C44H29NOS. The normalized spacial score (nSPS) is 12.0. The van der Waals surface area contributed by atoms with Crippen LogP contribution in [-0.2, 0) is 0 Å². The van der Waals surface area contributed by atoms with E-state index in [1.54, 1.807) is 0 Å². The first kappa shape index (κ1) is 27.4. The second-order valence-electron chi connectivity index (χ2n) is 11.8. The van der Waals surface area contributed by atoms with Crippen LogP contribution in [0.3, 0.4) is 0 Å². The summed E-state index contributed by atoms with van der Waals surface area (Å²) < 4.78 is 8.72. The van der Waals surface area contributed by atoms with Gasteiger partial charge in [0.1, 0.15) is 11.2 Å². The number of nitrogens with zero attached hydrogens (tertiary/aromatic N) is 1. The zero-order chi connectivity index (χ0) is 31.2. The number of fused-ring (bicyclic) bond motifs is 6. The number of rotatable bonds is 6. The summed E-state index contributed by atoms with van der Waals surface area (Å²) in [5.74, 6) is 0. The van der Waals surface area contributed by atoms with Crippen LogP contribution >= 0.6 is 11.3 Å². The number of para-hydroxylation sites is 3. The molecule has 0 spiro atoms. The fourth-order valence-electron chi connectivity index (χ4n) is 6.62. The van der Waals surface area contributed by atoms with E-state index in [0.717, 1.165) is 44.6 Å². The van der Waals surface area contributed by atoms with Gasteiger partial charge in [-0.3, -0.25) is 0 Å². The molecule has 0 aliphatic heterocycles. The van der Waals surface area contributed by atoms with E-state index in [4.69, 9.17) is 4.42 Å². The monoisotopic (exact) mass is 619 g/mol. The fourth-order valence-corrected chi connectivity index (χ4v) is 7.74.